The fraction of sp³-hybridized carbons (Fsp3) is 0.714. The van der Waals surface area contributed by atoms with Gasteiger partial charge in [0.05, 0.1) is 6.61 Å². The van der Waals surface area contributed by atoms with Crippen LogP contribution in [-0.4, -0.2) is 30.8 Å². The van der Waals surface area contributed by atoms with Gasteiger partial charge in [-0.15, -0.1) is 0 Å². The normalized spacial score (nSPS) is 27.7. The average molecular weight is 173 g/mol. The predicted octanol–water partition coefficient (Wildman–Crippen LogP) is 0.0464. The second-order valence-electron chi connectivity index (χ2n) is 2.48. The Morgan fingerprint density at radius 2 is 2.42 bits per heavy atom. The number of amides is 1. The van der Waals surface area contributed by atoms with E-state index in [1.807, 2.05) is 0 Å². The van der Waals surface area contributed by atoms with Crippen molar-refractivity contribution in [3.8, 4) is 0 Å². The molecule has 0 radical (unpaired) electrons. The summed E-state index contributed by atoms with van der Waals surface area (Å²) in [4.78, 5) is 21.7. The zero-order valence-electron chi connectivity index (χ0n) is 6.99. The first-order valence-corrected chi connectivity index (χ1v) is 3.79. The molecule has 1 N–H and O–H groups in total. The van der Waals surface area contributed by atoms with Gasteiger partial charge in [0.25, 0.3) is 0 Å². The lowest BCUT2D eigenvalue weighted by Crippen LogP contribution is -2.39. The third-order valence-electron chi connectivity index (χ3n) is 1.58. The van der Waals surface area contributed by atoms with Crippen molar-refractivity contribution in [1.29, 1.82) is 0 Å². The summed E-state index contributed by atoms with van der Waals surface area (Å²) in [6, 6.07) is -0.655. The molecule has 68 valence electrons. The second kappa shape index (κ2) is 3.42. The van der Waals surface area contributed by atoms with Crippen LogP contribution in [0.4, 0.5) is 4.79 Å². The molecular weight excluding hydrogens is 162 g/mol. The molecule has 0 bridgehead atoms. The fourth-order valence-corrected chi connectivity index (χ4v) is 0.998. The first-order chi connectivity index (χ1) is 5.65. The van der Waals surface area contributed by atoms with E-state index in [1.54, 1.807) is 13.8 Å². The molecule has 0 spiro atoms. The van der Waals surface area contributed by atoms with Crippen molar-refractivity contribution in [2.24, 2.45) is 0 Å². The van der Waals surface area contributed by atoms with Gasteiger partial charge in [0.15, 0.2) is 6.04 Å². The third kappa shape index (κ3) is 1.66. The molecule has 12 heavy (non-hydrogen) atoms. The molecule has 1 rings (SSSR count). The third-order valence-corrected chi connectivity index (χ3v) is 1.58. The van der Waals surface area contributed by atoms with E-state index in [1.165, 1.54) is 0 Å². The Bertz CT molecular complexity index is 204. The average Bonchev–Trinajstić information content (AvgIpc) is 2.30. The molecule has 1 aliphatic heterocycles. The number of hydrogen-bond donors (Lipinski definition) is 1. The Labute approximate surface area is 70.0 Å². The topological polar surface area (TPSA) is 64.6 Å². The van der Waals surface area contributed by atoms with E-state index in [0.29, 0.717) is 6.61 Å². The minimum atomic E-state index is -0.655. The number of carbonyl (C=O) groups is 2. The van der Waals surface area contributed by atoms with Gasteiger partial charge < -0.3 is 14.8 Å². The van der Waals surface area contributed by atoms with Gasteiger partial charge in [0.2, 0.25) is 0 Å². The second-order valence-corrected chi connectivity index (χ2v) is 2.48. The molecular formula is C7H11NO4. The van der Waals surface area contributed by atoms with E-state index >= 15 is 0 Å². The van der Waals surface area contributed by atoms with Crippen molar-refractivity contribution in [3.05, 3.63) is 0 Å². The van der Waals surface area contributed by atoms with Gasteiger partial charge in [0, 0.05) is 0 Å². The van der Waals surface area contributed by atoms with E-state index in [0.717, 1.165) is 0 Å². The van der Waals surface area contributed by atoms with Crippen molar-refractivity contribution in [1.82, 2.24) is 5.32 Å². The molecule has 5 nitrogen and oxygen atoms in total. The molecule has 0 aliphatic carbocycles. The minimum Gasteiger partial charge on any atom is -0.464 e. The Kier molecular flexibility index (Phi) is 2.52. The van der Waals surface area contributed by atoms with Crippen LogP contribution in [0.15, 0.2) is 0 Å². The van der Waals surface area contributed by atoms with Crippen LogP contribution < -0.4 is 5.32 Å². The van der Waals surface area contributed by atoms with Crippen LogP contribution >= 0.6 is 0 Å². The highest BCUT2D eigenvalue weighted by atomic mass is 16.6. The van der Waals surface area contributed by atoms with Gasteiger partial charge in [0.1, 0.15) is 6.10 Å². The largest absolute Gasteiger partial charge is 0.464 e. The highest BCUT2D eigenvalue weighted by Gasteiger charge is 2.36. The van der Waals surface area contributed by atoms with Crippen molar-refractivity contribution in [2.75, 3.05) is 6.61 Å². The van der Waals surface area contributed by atoms with Crippen LogP contribution in [0.25, 0.3) is 0 Å². The van der Waals surface area contributed by atoms with E-state index < -0.39 is 24.2 Å². The molecule has 1 heterocycles. The van der Waals surface area contributed by atoms with Gasteiger partial charge in [-0.05, 0) is 13.8 Å². The monoisotopic (exact) mass is 173 g/mol. The van der Waals surface area contributed by atoms with Gasteiger partial charge in [-0.25, -0.2) is 9.59 Å². The Morgan fingerprint density at radius 3 is 2.83 bits per heavy atom. The summed E-state index contributed by atoms with van der Waals surface area (Å²) < 4.78 is 9.40. The molecule has 1 aliphatic rings. The van der Waals surface area contributed by atoms with Crippen LogP contribution in [-0.2, 0) is 14.3 Å². The lowest BCUT2D eigenvalue weighted by atomic mass is 10.2. The highest BCUT2D eigenvalue weighted by Crippen LogP contribution is 2.08. The summed E-state index contributed by atoms with van der Waals surface area (Å²) in [5, 5.41) is 2.35. The maximum atomic E-state index is 11.1. The van der Waals surface area contributed by atoms with Crippen LogP contribution in [0.5, 0.6) is 0 Å². The quantitative estimate of drug-likeness (QED) is 0.599. The maximum Gasteiger partial charge on any atom is 0.408 e. The SMILES string of the molecule is CCOC(=O)[C@H]1NC(=O)O[C@@H]1C. The molecule has 5 heteroatoms. The van der Waals surface area contributed by atoms with Crippen molar-refractivity contribution in [2.45, 2.75) is 26.0 Å². The number of rotatable bonds is 2. The summed E-state index contributed by atoms with van der Waals surface area (Å²) in [5.41, 5.74) is 0. The zero-order chi connectivity index (χ0) is 9.14. The lowest BCUT2D eigenvalue weighted by Gasteiger charge is -2.10. The molecule has 1 amide bonds. The zero-order valence-corrected chi connectivity index (χ0v) is 6.99. The molecule has 0 aromatic carbocycles. The number of ether oxygens (including phenoxy) is 2. The Balaban J connectivity index is 2.52. The van der Waals surface area contributed by atoms with Gasteiger partial charge >= 0.3 is 12.1 Å². The van der Waals surface area contributed by atoms with Crippen LogP contribution in [0.2, 0.25) is 0 Å². The molecule has 1 fully saturated rings. The Morgan fingerprint density at radius 1 is 1.75 bits per heavy atom. The maximum absolute atomic E-state index is 11.1. The smallest absolute Gasteiger partial charge is 0.408 e. The van der Waals surface area contributed by atoms with Crippen LogP contribution in [0, 0.1) is 0 Å². The summed E-state index contributed by atoms with van der Waals surface area (Å²) in [5.74, 6) is -0.448. The summed E-state index contributed by atoms with van der Waals surface area (Å²) in [6.45, 7) is 3.65. The minimum absolute atomic E-state index is 0.303. The fourth-order valence-electron chi connectivity index (χ4n) is 0.998. The molecule has 0 aromatic heterocycles. The first-order valence-electron chi connectivity index (χ1n) is 3.79. The number of cyclic esters (lactones) is 1. The van der Waals surface area contributed by atoms with Crippen molar-refractivity contribution >= 4 is 12.1 Å². The molecule has 2 atom stereocenters. The number of hydrogen-bond acceptors (Lipinski definition) is 4. The van der Waals surface area contributed by atoms with E-state index in [2.05, 4.69) is 5.32 Å². The predicted molar refractivity (Wildman–Crippen MR) is 39.5 cm³/mol. The Hall–Kier alpha value is -1.26. The molecule has 0 unspecified atom stereocenters. The van der Waals surface area contributed by atoms with Gasteiger partial charge in [-0.1, -0.05) is 0 Å². The lowest BCUT2D eigenvalue weighted by molar-refractivity contribution is -0.146. The van der Waals surface area contributed by atoms with E-state index in [-0.39, 0.29) is 0 Å². The number of nitrogens with one attached hydrogen (secondary N) is 1. The van der Waals surface area contributed by atoms with E-state index in [9.17, 15) is 9.59 Å². The highest BCUT2D eigenvalue weighted by molar-refractivity contribution is 5.84. The summed E-state index contributed by atoms with van der Waals surface area (Å²) in [7, 11) is 0. The number of carbonyl (C=O) groups excluding carboxylic acids is 2. The molecule has 1 saturated heterocycles. The number of esters is 1. The standard InChI is InChI=1S/C7H11NO4/c1-3-11-6(9)5-4(2)12-7(10)8-5/h4-5H,3H2,1-2H3,(H,8,10)/t4-,5+/m1/s1. The first kappa shape index (κ1) is 8.83. The van der Waals surface area contributed by atoms with E-state index in [4.69, 9.17) is 9.47 Å². The number of alkyl carbamates (subject to hydrolysis) is 1. The van der Waals surface area contributed by atoms with Crippen LogP contribution in [0.1, 0.15) is 13.8 Å². The summed E-state index contributed by atoms with van der Waals surface area (Å²) >= 11 is 0. The summed E-state index contributed by atoms with van der Waals surface area (Å²) in [6.07, 6.45) is -1.02. The van der Waals surface area contributed by atoms with Crippen molar-refractivity contribution in [3.63, 3.8) is 0 Å². The molecule has 0 aromatic rings. The van der Waals surface area contributed by atoms with Crippen LogP contribution in [0.3, 0.4) is 0 Å². The van der Waals surface area contributed by atoms with Crippen molar-refractivity contribution < 1.29 is 19.1 Å². The molecule has 0 saturated carbocycles. The van der Waals surface area contributed by atoms with Gasteiger partial charge in [-0.2, -0.15) is 0 Å². The van der Waals surface area contributed by atoms with Gasteiger partial charge in [-0.3, -0.25) is 0 Å².